The third kappa shape index (κ3) is 4.06. The van der Waals surface area contributed by atoms with E-state index in [4.69, 9.17) is 17.3 Å². The summed E-state index contributed by atoms with van der Waals surface area (Å²) in [5.41, 5.74) is 6.49. The molecule has 0 atom stereocenters. The van der Waals surface area contributed by atoms with Crippen LogP contribution in [0.4, 0.5) is 21.8 Å². The van der Waals surface area contributed by atoms with E-state index in [1.54, 1.807) is 36.3 Å². The van der Waals surface area contributed by atoms with Crippen molar-refractivity contribution in [1.82, 2.24) is 19.7 Å². The van der Waals surface area contributed by atoms with Gasteiger partial charge < -0.3 is 16.4 Å². The molecule has 0 radical (unpaired) electrons. The molecule has 8 nitrogen and oxygen atoms in total. The number of aromatic nitrogens is 4. The number of nitrogens with one attached hydrogen (secondary N) is 2. The van der Waals surface area contributed by atoms with E-state index in [-0.39, 0.29) is 23.9 Å². The molecule has 0 fully saturated rings. The first kappa shape index (κ1) is 17.6. The van der Waals surface area contributed by atoms with Crippen LogP contribution in [-0.2, 0) is 13.6 Å². The van der Waals surface area contributed by atoms with Crippen LogP contribution in [0.3, 0.4) is 0 Å². The summed E-state index contributed by atoms with van der Waals surface area (Å²) in [7, 11) is 1.77. The lowest BCUT2D eigenvalue weighted by molar-refractivity contribution is 0.100. The molecule has 1 aromatic carbocycles. The molecular weight excluding hydrogens is 361 g/mol. The number of carbonyl (C=O) groups excluding carboxylic acids is 1. The fourth-order valence-electron chi connectivity index (χ4n) is 2.22. The lowest BCUT2D eigenvalue weighted by atomic mass is 10.2. The van der Waals surface area contributed by atoms with Crippen LogP contribution in [0.25, 0.3) is 0 Å². The molecule has 2 aromatic heterocycles. The number of halogens is 2. The third-order valence-electron chi connectivity index (χ3n) is 3.48. The van der Waals surface area contributed by atoms with Gasteiger partial charge in [-0.1, -0.05) is 17.7 Å². The Labute approximate surface area is 153 Å². The molecule has 0 aliphatic rings. The highest BCUT2D eigenvalue weighted by atomic mass is 35.5. The van der Waals surface area contributed by atoms with Gasteiger partial charge in [0, 0.05) is 36.6 Å². The second-order valence-corrected chi connectivity index (χ2v) is 5.87. The standard InChI is InChI=1S/C16H15ClFN7O/c1-25-8-11(6-22-25)23-16-21-7-12(14(19)26)15(24-16)20-5-9-2-3-10(17)4-13(9)18/h2-4,6-8H,5H2,1H3,(H2,19,26)(H2,20,21,23,24). The molecule has 0 aliphatic heterocycles. The Balaban J connectivity index is 1.83. The minimum Gasteiger partial charge on any atom is -0.365 e. The Morgan fingerprint density at radius 1 is 1.38 bits per heavy atom. The maximum Gasteiger partial charge on any atom is 0.254 e. The van der Waals surface area contributed by atoms with Gasteiger partial charge in [0.2, 0.25) is 5.95 Å². The lowest BCUT2D eigenvalue weighted by Crippen LogP contribution is -2.17. The number of aryl methyl sites for hydroxylation is 1. The minimum absolute atomic E-state index is 0.0899. The van der Waals surface area contributed by atoms with Crippen molar-refractivity contribution in [3.05, 3.63) is 58.8 Å². The highest BCUT2D eigenvalue weighted by Crippen LogP contribution is 2.19. The second kappa shape index (κ2) is 7.36. The van der Waals surface area contributed by atoms with Gasteiger partial charge in [-0.05, 0) is 12.1 Å². The van der Waals surface area contributed by atoms with Crippen LogP contribution in [0.2, 0.25) is 5.02 Å². The summed E-state index contributed by atoms with van der Waals surface area (Å²) in [6.45, 7) is 0.0899. The molecular formula is C16H15ClFN7O. The van der Waals surface area contributed by atoms with Gasteiger partial charge in [0.25, 0.3) is 5.91 Å². The Morgan fingerprint density at radius 3 is 2.85 bits per heavy atom. The van der Waals surface area contributed by atoms with Crippen molar-refractivity contribution in [2.45, 2.75) is 6.54 Å². The fourth-order valence-corrected chi connectivity index (χ4v) is 2.37. The molecule has 0 spiro atoms. The number of amides is 1. The normalized spacial score (nSPS) is 10.6. The SMILES string of the molecule is Cn1cc(Nc2ncc(C(N)=O)c(NCc3ccc(Cl)cc3F)n2)cn1. The molecule has 0 saturated heterocycles. The van der Waals surface area contributed by atoms with Crippen molar-refractivity contribution in [2.75, 3.05) is 10.6 Å². The number of anilines is 3. The van der Waals surface area contributed by atoms with Gasteiger partial charge in [0.05, 0.1) is 17.4 Å². The Kier molecular flexibility index (Phi) is 4.99. The largest absolute Gasteiger partial charge is 0.365 e. The monoisotopic (exact) mass is 375 g/mol. The quantitative estimate of drug-likeness (QED) is 0.610. The van der Waals surface area contributed by atoms with Crippen molar-refractivity contribution >= 4 is 35.0 Å². The van der Waals surface area contributed by atoms with Crippen LogP contribution in [-0.4, -0.2) is 25.7 Å². The first-order valence-corrected chi connectivity index (χ1v) is 7.90. The number of hydrogen-bond donors (Lipinski definition) is 3. The first-order valence-electron chi connectivity index (χ1n) is 7.52. The zero-order valence-corrected chi connectivity index (χ0v) is 14.5. The molecule has 4 N–H and O–H groups in total. The van der Waals surface area contributed by atoms with E-state index in [9.17, 15) is 9.18 Å². The molecule has 1 amide bonds. The zero-order valence-electron chi connectivity index (χ0n) is 13.7. The Bertz CT molecular complexity index is 960. The molecule has 2 heterocycles. The van der Waals surface area contributed by atoms with Crippen molar-refractivity contribution in [3.8, 4) is 0 Å². The number of benzene rings is 1. The fraction of sp³-hybridized carbons (Fsp3) is 0.125. The molecule has 26 heavy (non-hydrogen) atoms. The van der Waals surface area contributed by atoms with Crippen molar-refractivity contribution in [1.29, 1.82) is 0 Å². The van der Waals surface area contributed by atoms with Gasteiger partial charge in [-0.3, -0.25) is 9.48 Å². The van der Waals surface area contributed by atoms with Crippen LogP contribution in [0.5, 0.6) is 0 Å². The summed E-state index contributed by atoms with van der Waals surface area (Å²) < 4.78 is 15.5. The number of primary amides is 1. The van der Waals surface area contributed by atoms with E-state index < -0.39 is 11.7 Å². The molecule has 3 aromatic rings. The van der Waals surface area contributed by atoms with Crippen LogP contribution >= 0.6 is 11.6 Å². The summed E-state index contributed by atoms with van der Waals surface area (Å²) in [5, 5.41) is 10.2. The maximum atomic E-state index is 13.9. The van der Waals surface area contributed by atoms with E-state index >= 15 is 0 Å². The van der Waals surface area contributed by atoms with Gasteiger partial charge in [0.15, 0.2) is 0 Å². The second-order valence-electron chi connectivity index (χ2n) is 5.44. The van der Waals surface area contributed by atoms with E-state index in [1.807, 2.05) is 0 Å². The molecule has 0 aliphatic carbocycles. The van der Waals surface area contributed by atoms with E-state index in [2.05, 4.69) is 25.7 Å². The van der Waals surface area contributed by atoms with Gasteiger partial charge in [-0.25, -0.2) is 9.37 Å². The number of nitrogens with zero attached hydrogens (tertiary/aromatic N) is 4. The smallest absolute Gasteiger partial charge is 0.254 e. The number of rotatable bonds is 6. The van der Waals surface area contributed by atoms with E-state index in [0.29, 0.717) is 16.3 Å². The summed E-state index contributed by atoms with van der Waals surface area (Å²) in [4.78, 5) is 19.9. The summed E-state index contributed by atoms with van der Waals surface area (Å²) in [6, 6.07) is 4.33. The minimum atomic E-state index is -0.697. The first-order chi connectivity index (χ1) is 12.4. The number of nitrogens with two attached hydrogens (primary N) is 1. The van der Waals surface area contributed by atoms with E-state index in [1.165, 1.54) is 12.3 Å². The predicted octanol–water partition coefficient (Wildman–Crippen LogP) is 2.46. The van der Waals surface area contributed by atoms with Crippen LogP contribution in [0.15, 0.2) is 36.8 Å². The van der Waals surface area contributed by atoms with Crippen molar-refractivity contribution < 1.29 is 9.18 Å². The average Bonchev–Trinajstić information content (AvgIpc) is 2.99. The third-order valence-corrected chi connectivity index (χ3v) is 3.71. The number of carbonyl (C=O) groups is 1. The highest BCUT2D eigenvalue weighted by Gasteiger charge is 2.13. The summed E-state index contributed by atoms with van der Waals surface area (Å²) >= 11 is 5.74. The average molecular weight is 376 g/mol. The maximum absolute atomic E-state index is 13.9. The summed E-state index contributed by atoms with van der Waals surface area (Å²) in [5.74, 6) is -0.735. The van der Waals surface area contributed by atoms with Gasteiger partial charge in [-0.2, -0.15) is 10.1 Å². The van der Waals surface area contributed by atoms with Gasteiger partial charge >= 0.3 is 0 Å². The molecule has 3 rings (SSSR count). The predicted molar refractivity (Wildman–Crippen MR) is 95.8 cm³/mol. The molecule has 0 bridgehead atoms. The van der Waals surface area contributed by atoms with Gasteiger partial charge in [-0.15, -0.1) is 0 Å². The topological polar surface area (TPSA) is 111 Å². The highest BCUT2D eigenvalue weighted by molar-refractivity contribution is 6.30. The van der Waals surface area contributed by atoms with Crippen molar-refractivity contribution in [3.63, 3.8) is 0 Å². The number of hydrogen-bond acceptors (Lipinski definition) is 6. The van der Waals surface area contributed by atoms with Crippen LogP contribution in [0, 0.1) is 5.82 Å². The van der Waals surface area contributed by atoms with Crippen LogP contribution in [0.1, 0.15) is 15.9 Å². The van der Waals surface area contributed by atoms with Crippen LogP contribution < -0.4 is 16.4 Å². The Morgan fingerprint density at radius 2 is 2.19 bits per heavy atom. The zero-order chi connectivity index (χ0) is 18.7. The van der Waals surface area contributed by atoms with Crippen molar-refractivity contribution in [2.24, 2.45) is 12.8 Å². The summed E-state index contributed by atoms with van der Waals surface area (Å²) in [6.07, 6.45) is 4.64. The molecule has 0 saturated carbocycles. The Hall–Kier alpha value is -3.20. The van der Waals surface area contributed by atoms with Gasteiger partial charge in [0.1, 0.15) is 11.6 Å². The molecule has 134 valence electrons. The molecule has 0 unspecified atom stereocenters. The van der Waals surface area contributed by atoms with E-state index in [0.717, 1.165) is 0 Å². The lowest BCUT2D eigenvalue weighted by Gasteiger charge is -2.11. The molecule has 10 heteroatoms.